The molecule has 62 valence electrons. The highest BCUT2D eigenvalue weighted by atomic mass is 16.4. The van der Waals surface area contributed by atoms with Crippen molar-refractivity contribution in [2.45, 2.75) is 6.54 Å². The monoisotopic (exact) mass is 164 g/mol. The summed E-state index contributed by atoms with van der Waals surface area (Å²) >= 11 is 0. The van der Waals surface area contributed by atoms with Gasteiger partial charge in [0.25, 0.3) is 0 Å². The second kappa shape index (κ2) is 2.69. The molecule has 5 nitrogen and oxygen atoms in total. The average Bonchev–Trinajstić information content (AvgIpc) is 2.51. The van der Waals surface area contributed by atoms with Crippen molar-refractivity contribution in [2.24, 2.45) is 5.16 Å². The summed E-state index contributed by atoms with van der Waals surface area (Å²) in [5.74, 6) is 0.910. The van der Waals surface area contributed by atoms with Gasteiger partial charge in [0, 0.05) is 6.07 Å². The van der Waals surface area contributed by atoms with Gasteiger partial charge in [-0.05, 0) is 6.08 Å². The van der Waals surface area contributed by atoms with Crippen molar-refractivity contribution in [3.05, 3.63) is 24.0 Å². The Balaban J connectivity index is 2.23. The van der Waals surface area contributed by atoms with Gasteiger partial charge in [-0.3, -0.25) is 0 Å². The predicted molar refractivity (Wildman–Crippen MR) is 44.2 cm³/mol. The number of rotatable bonds is 1. The molecule has 0 bridgehead atoms. The number of hydrogen-bond acceptors (Lipinski definition) is 4. The number of fused-ring (bicyclic) bond motifs is 1. The molecule has 0 aliphatic carbocycles. The molecule has 2 rings (SSSR count). The van der Waals surface area contributed by atoms with Crippen LogP contribution in [0.5, 0.6) is 0 Å². The fourth-order valence-electron chi connectivity index (χ4n) is 1.12. The lowest BCUT2D eigenvalue weighted by Crippen LogP contribution is -2.14. The standard InChI is InChI=1S/C7H8N4O/c12-9-5-6-2-4-11-7(10-6)1-3-8-11/h1-3,5,10,12H,4H2/b9-5+. The molecule has 0 unspecified atom stereocenters. The first-order chi connectivity index (χ1) is 5.90. The first kappa shape index (κ1) is 6.90. The van der Waals surface area contributed by atoms with Gasteiger partial charge >= 0.3 is 0 Å². The van der Waals surface area contributed by atoms with Crippen LogP contribution in [0.15, 0.2) is 29.2 Å². The number of hydrogen-bond donors (Lipinski definition) is 2. The molecule has 0 saturated carbocycles. The summed E-state index contributed by atoms with van der Waals surface area (Å²) in [5.41, 5.74) is 0.783. The molecule has 0 amide bonds. The summed E-state index contributed by atoms with van der Waals surface area (Å²) in [7, 11) is 0. The van der Waals surface area contributed by atoms with E-state index in [-0.39, 0.29) is 0 Å². The smallest absolute Gasteiger partial charge is 0.129 e. The fraction of sp³-hybridized carbons (Fsp3) is 0.143. The Morgan fingerprint density at radius 3 is 3.50 bits per heavy atom. The van der Waals surface area contributed by atoms with Crippen LogP contribution < -0.4 is 5.32 Å². The molecule has 1 aliphatic heterocycles. The topological polar surface area (TPSA) is 62.4 Å². The molecule has 0 atom stereocenters. The Morgan fingerprint density at radius 1 is 1.75 bits per heavy atom. The number of nitrogens with one attached hydrogen (secondary N) is 1. The quantitative estimate of drug-likeness (QED) is 0.364. The molecule has 1 aliphatic rings. The normalized spacial score (nSPS) is 15.5. The first-order valence-electron chi connectivity index (χ1n) is 3.56. The van der Waals surface area contributed by atoms with Crippen LogP contribution in [0, 0.1) is 0 Å². The van der Waals surface area contributed by atoms with E-state index in [2.05, 4.69) is 15.6 Å². The Hall–Kier alpha value is -1.78. The summed E-state index contributed by atoms with van der Waals surface area (Å²) in [5, 5.41) is 18.3. The van der Waals surface area contributed by atoms with Crippen molar-refractivity contribution in [3.8, 4) is 0 Å². The van der Waals surface area contributed by atoms with Crippen LogP contribution in [0.25, 0.3) is 0 Å². The molecule has 1 aromatic heterocycles. The van der Waals surface area contributed by atoms with Crippen LogP contribution in [0.4, 0.5) is 5.82 Å². The van der Waals surface area contributed by atoms with Gasteiger partial charge in [-0.2, -0.15) is 5.10 Å². The van der Waals surface area contributed by atoms with E-state index in [4.69, 9.17) is 5.21 Å². The summed E-state index contributed by atoms with van der Waals surface area (Å²) in [6.45, 7) is 0.705. The summed E-state index contributed by atoms with van der Waals surface area (Å²) < 4.78 is 1.81. The van der Waals surface area contributed by atoms with E-state index in [0.29, 0.717) is 6.54 Å². The number of anilines is 1. The average molecular weight is 164 g/mol. The number of oxime groups is 1. The number of aromatic nitrogens is 2. The minimum absolute atomic E-state index is 0.705. The molecular formula is C7H8N4O. The third kappa shape index (κ3) is 1.05. The van der Waals surface area contributed by atoms with Gasteiger partial charge in [0.2, 0.25) is 0 Å². The third-order valence-corrected chi connectivity index (χ3v) is 1.67. The molecular weight excluding hydrogens is 156 g/mol. The Labute approximate surface area is 69.0 Å². The maximum absolute atomic E-state index is 8.28. The SMILES string of the molecule is O/N=C/C1=CCn2nccc2N1. The molecule has 12 heavy (non-hydrogen) atoms. The highest BCUT2D eigenvalue weighted by Gasteiger charge is 2.07. The van der Waals surface area contributed by atoms with Crippen molar-refractivity contribution in [2.75, 3.05) is 5.32 Å². The lowest BCUT2D eigenvalue weighted by Gasteiger charge is -2.13. The van der Waals surface area contributed by atoms with Crippen LogP contribution >= 0.6 is 0 Å². The van der Waals surface area contributed by atoms with Crippen molar-refractivity contribution >= 4 is 12.0 Å². The summed E-state index contributed by atoms with van der Waals surface area (Å²) in [4.78, 5) is 0. The molecule has 0 spiro atoms. The largest absolute Gasteiger partial charge is 0.411 e. The van der Waals surface area contributed by atoms with Crippen LogP contribution in [0.1, 0.15) is 0 Å². The molecule has 0 radical (unpaired) electrons. The molecule has 0 fully saturated rings. The van der Waals surface area contributed by atoms with E-state index in [0.717, 1.165) is 11.5 Å². The van der Waals surface area contributed by atoms with Gasteiger partial charge in [-0.1, -0.05) is 5.16 Å². The highest BCUT2D eigenvalue weighted by Crippen LogP contribution is 2.13. The van der Waals surface area contributed by atoms with Crippen molar-refractivity contribution < 1.29 is 5.21 Å². The zero-order chi connectivity index (χ0) is 8.39. The van der Waals surface area contributed by atoms with E-state index in [1.54, 1.807) is 6.20 Å². The maximum Gasteiger partial charge on any atom is 0.129 e. The van der Waals surface area contributed by atoms with Crippen molar-refractivity contribution in [1.29, 1.82) is 0 Å². The van der Waals surface area contributed by atoms with E-state index >= 15 is 0 Å². The zero-order valence-corrected chi connectivity index (χ0v) is 6.31. The lowest BCUT2D eigenvalue weighted by molar-refractivity contribution is 0.321. The minimum Gasteiger partial charge on any atom is -0.411 e. The van der Waals surface area contributed by atoms with Crippen molar-refractivity contribution in [1.82, 2.24) is 9.78 Å². The van der Waals surface area contributed by atoms with Gasteiger partial charge in [0.05, 0.1) is 24.7 Å². The minimum atomic E-state index is 0.705. The Kier molecular flexibility index (Phi) is 1.55. The van der Waals surface area contributed by atoms with Crippen LogP contribution in [-0.4, -0.2) is 21.2 Å². The number of nitrogens with zero attached hydrogens (tertiary/aromatic N) is 3. The molecule has 0 aromatic carbocycles. The second-order valence-electron chi connectivity index (χ2n) is 2.43. The fourth-order valence-corrected chi connectivity index (χ4v) is 1.12. The summed E-state index contributed by atoms with van der Waals surface area (Å²) in [6.07, 6.45) is 4.96. The van der Waals surface area contributed by atoms with Gasteiger partial charge in [-0.25, -0.2) is 4.68 Å². The van der Waals surface area contributed by atoms with Gasteiger partial charge in [0.15, 0.2) is 0 Å². The molecule has 0 saturated heterocycles. The van der Waals surface area contributed by atoms with E-state index in [9.17, 15) is 0 Å². The number of allylic oxidation sites excluding steroid dienone is 2. The molecule has 2 N–H and O–H groups in total. The van der Waals surface area contributed by atoms with E-state index in [1.807, 2.05) is 16.8 Å². The maximum atomic E-state index is 8.28. The van der Waals surface area contributed by atoms with Crippen LogP contribution in [-0.2, 0) is 6.54 Å². The lowest BCUT2D eigenvalue weighted by atomic mass is 10.3. The second-order valence-corrected chi connectivity index (χ2v) is 2.43. The van der Waals surface area contributed by atoms with Gasteiger partial charge < -0.3 is 10.5 Å². The van der Waals surface area contributed by atoms with E-state index in [1.165, 1.54) is 6.21 Å². The Bertz CT molecular complexity index is 339. The summed E-state index contributed by atoms with van der Waals surface area (Å²) in [6, 6.07) is 1.86. The van der Waals surface area contributed by atoms with Crippen LogP contribution in [0.3, 0.4) is 0 Å². The van der Waals surface area contributed by atoms with Gasteiger partial charge in [0.1, 0.15) is 5.82 Å². The predicted octanol–water partition coefficient (Wildman–Crippen LogP) is 0.652. The molecule has 2 heterocycles. The van der Waals surface area contributed by atoms with Gasteiger partial charge in [-0.15, -0.1) is 0 Å². The highest BCUT2D eigenvalue weighted by molar-refractivity contribution is 5.82. The molecule has 1 aromatic rings. The first-order valence-corrected chi connectivity index (χ1v) is 3.56. The zero-order valence-electron chi connectivity index (χ0n) is 6.31. The van der Waals surface area contributed by atoms with Crippen LogP contribution in [0.2, 0.25) is 0 Å². The van der Waals surface area contributed by atoms with E-state index < -0.39 is 0 Å². The third-order valence-electron chi connectivity index (χ3n) is 1.67. The Morgan fingerprint density at radius 2 is 2.67 bits per heavy atom. The molecule has 5 heteroatoms. The van der Waals surface area contributed by atoms with Crippen molar-refractivity contribution in [3.63, 3.8) is 0 Å².